The Hall–Kier alpha value is -2.45. The van der Waals surface area contributed by atoms with Crippen LogP contribution in [0.25, 0.3) is 11.3 Å². The van der Waals surface area contributed by atoms with Gasteiger partial charge in [-0.25, -0.2) is 17.9 Å². The molecule has 30 heavy (non-hydrogen) atoms. The van der Waals surface area contributed by atoms with E-state index in [9.17, 15) is 13.2 Å². The lowest BCUT2D eigenvalue weighted by atomic mass is 9.93. The number of benzene rings is 1. The molecule has 1 fully saturated rings. The summed E-state index contributed by atoms with van der Waals surface area (Å²) in [6.07, 6.45) is 2.26. The van der Waals surface area contributed by atoms with Crippen molar-refractivity contribution in [3.63, 3.8) is 0 Å². The lowest BCUT2D eigenvalue weighted by molar-refractivity contribution is 0.0459. The van der Waals surface area contributed by atoms with E-state index in [4.69, 9.17) is 9.72 Å². The summed E-state index contributed by atoms with van der Waals surface area (Å²) >= 11 is 0. The van der Waals surface area contributed by atoms with Gasteiger partial charge in [0.05, 0.1) is 24.1 Å². The molecule has 1 N–H and O–H groups in total. The third-order valence-corrected chi connectivity index (χ3v) is 5.74. The van der Waals surface area contributed by atoms with Crippen molar-refractivity contribution < 1.29 is 17.9 Å². The number of ether oxygens (including phenoxy) is 1. The highest BCUT2D eigenvalue weighted by molar-refractivity contribution is 7.88. The first kappa shape index (κ1) is 22.2. The predicted molar refractivity (Wildman–Crippen MR) is 116 cm³/mol. The van der Waals surface area contributed by atoms with Crippen LogP contribution < -0.4 is 4.72 Å². The van der Waals surface area contributed by atoms with Crippen molar-refractivity contribution in [3.8, 4) is 11.3 Å². The van der Waals surface area contributed by atoms with Crippen molar-refractivity contribution in [2.24, 2.45) is 0 Å². The average molecular weight is 432 g/mol. The Morgan fingerprint density at radius 1 is 1.20 bits per heavy atom. The second-order valence-corrected chi connectivity index (χ2v) is 9.70. The molecule has 0 radical (unpaired) electrons. The molecule has 8 heteroatoms. The third-order valence-electron chi connectivity index (χ3n) is 5.01. The Labute approximate surface area is 178 Å². The van der Waals surface area contributed by atoms with Gasteiger partial charge in [0, 0.05) is 30.3 Å². The Kier molecular flexibility index (Phi) is 7.10. The van der Waals surface area contributed by atoms with Crippen LogP contribution in [0.2, 0.25) is 0 Å². The number of amides is 1. The highest BCUT2D eigenvalue weighted by Gasteiger charge is 2.37. The molecular weight excluding hydrogens is 402 g/mol. The normalized spacial score (nSPS) is 19.7. The van der Waals surface area contributed by atoms with E-state index in [-0.39, 0.29) is 12.1 Å². The quantitative estimate of drug-likeness (QED) is 0.759. The van der Waals surface area contributed by atoms with E-state index in [0.717, 1.165) is 23.2 Å². The van der Waals surface area contributed by atoms with Gasteiger partial charge in [-0.3, -0.25) is 4.98 Å². The van der Waals surface area contributed by atoms with Gasteiger partial charge in [0.15, 0.2) is 0 Å². The average Bonchev–Trinajstić information content (AvgIpc) is 2.68. The molecule has 162 valence electrons. The van der Waals surface area contributed by atoms with Gasteiger partial charge in [0.25, 0.3) is 0 Å². The van der Waals surface area contributed by atoms with Gasteiger partial charge in [-0.15, -0.1) is 0 Å². The highest BCUT2D eigenvalue weighted by atomic mass is 32.2. The maximum atomic E-state index is 12.7. The second kappa shape index (κ2) is 9.57. The van der Waals surface area contributed by atoms with Crippen molar-refractivity contribution in [2.45, 2.75) is 51.3 Å². The van der Waals surface area contributed by atoms with Gasteiger partial charge in [0.1, 0.15) is 0 Å². The van der Waals surface area contributed by atoms with E-state index in [0.29, 0.717) is 25.8 Å². The van der Waals surface area contributed by atoms with Crippen LogP contribution in [0, 0.1) is 0 Å². The number of piperidine rings is 1. The number of likely N-dealkylation sites (tertiary alicyclic amines) is 1. The Morgan fingerprint density at radius 2 is 1.93 bits per heavy atom. The zero-order valence-electron chi connectivity index (χ0n) is 17.6. The maximum absolute atomic E-state index is 12.7. The number of rotatable bonds is 6. The van der Waals surface area contributed by atoms with Crippen molar-refractivity contribution in [3.05, 3.63) is 54.2 Å². The van der Waals surface area contributed by atoms with Crippen LogP contribution in [-0.2, 0) is 21.2 Å². The molecule has 2 atom stereocenters. The molecule has 3 rings (SSSR count). The minimum atomic E-state index is -3.42. The molecule has 0 saturated carbocycles. The summed E-state index contributed by atoms with van der Waals surface area (Å²) < 4.78 is 32.0. The second-order valence-electron chi connectivity index (χ2n) is 7.92. The van der Waals surface area contributed by atoms with Crippen molar-refractivity contribution in [1.82, 2.24) is 14.6 Å². The number of hydrogen-bond donors (Lipinski definition) is 1. The smallest absolute Gasteiger partial charge is 0.410 e. The molecule has 0 aliphatic carbocycles. The van der Waals surface area contributed by atoms with Crippen LogP contribution in [0.5, 0.6) is 0 Å². The molecule has 2 aromatic rings. The molecule has 1 aromatic carbocycles. The van der Waals surface area contributed by atoms with Gasteiger partial charge in [-0.1, -0.05) is 36.4 Å². The summed E-state index contributed by atoms with van der Waals surface area (Å²) in [4.78, 5) is 19.1. The summed E-state index contributed by atoms with van der Waals surface area (Å²) in [7, 11) is -3.42. The maximum Gasteiger partial charge on any atom is 0.410 e. The molecule has 2 heterocycles. The first-order chi connectivity index (χ1) is 14.2. The third kappa shape index (κ3) is 6.03. The number of nitrogens with zero attached hydrogens (tertiary/aromatic N) is 2. The number of aromatic nitrogens is 1. The Balaban J connectivity index is 1.89. The zero-order valence-corrected chi connectivity index (χ0v) is 18.4. The fourth-order valence-corrected chi connectivity index (χ4v) is 4.62. The lowest BCUT2D eigenvalue weighted by Crippen LogP contribution is -2.58. The van der Waals surface area contributed by atoms with Crippen LogP contribution >= 0.6 is 0 Å². The van der Waals surface area contributed by atoms with Gasteiger partial charge in [-0.2, -0.15) is 0 Å². The molecule has 1 amide bonds. The van der Waals surface area contributed by atoms with Crippen LogP contribution in [0.3, 0.4) is 0 Å². The van der Waals surface area contributed by atoms with Gasteiger partial charge < -0.3 is 9.64 Å². The highest BCUT2D eigenvalue weighted by Crippen LogP contribution is 2.24. The lowest BCUT2D eigenvalue weighted by Gasteiger charge is -2.40. The summed E-state index contributed by atoms with van der Waals surface area (Å²) in [6.45, 7) is 4.12. The number of sulfonamides is 1. The van der Waals surface area contributed by atoms with E-state index in [1.807, 2.05) is 48.5 Å². The minimum Gasteiger partial charge on any atom is -0.447 e. The Morgan fingerprint density at radius 3 is 2.60 bits per heavy atom. The van der Waals surface area contributed by atoms with E-state index < -0.39 is 22.2 Å². The molecule has 0 bridgehead atoms. The fourth-order valence-electron chi connectivity index (χ4n) is 3.80. The van der Waals surface area contributed by atoms with E-state index in [1.165, 1.54) is 0 Å². The molecular formula is C22H29N3O4S. The van der Waals surface area contributed by atoms with Crippen LogP contribution in [0.15, 0.2) is 48.5 Å². The summed E-state index contributed by atoms with van der Waals surface area (Å²) in [5.41, 5.74) is 2.64. The molecule has 0 spiro atoms. The molecule has 1 aromatic heterocycles. The predicted octanol–water partition coefficient (Wildman–Crippen LogP) is 3.22. The van der Waals surface area contributed by atoms with Crippen molar-refractivity contribution in [1.29, 1.82) is 0 Å². The van der Waals surface area contributed by atoms with Gasteiger partial charge >= 0.3 is 6.09 Å². The molecule has 1 saturated heterocycles. The topological polar surface area (TPSA) is 88.6 Å². The van der Waals surface area contributed by atoms with Crippen LogP contribution in [0.1, 0.15) is 32.4 Å². The SMILES string of the molecule is CC(C)OC(=O)N1CCC[C@@H](NS(C)(=O)=O)[C@H]1Cc1cccc(-c2ccccc2)n1. The van der Waals surface area contributed by atoms with Crippen LogP contribution in [0.4, 0.5) is 4.79 Å². The molecule has 1 aliphatic rings. The van der Waals surface area contributed by atoms with Crippen molar-refractivity contribution in [2.75, 3.05) is 12.8 Å². The van der Waals surface area contributed by atoms with Crippen LogP contribution in [-0.4, -0.2) is 55.4 Å². The molecule has 7 nitrogen and oxygen atoms in total. The fraction of sp³-hybridized carbons (Fsp3) is 0.455. The van der Waals surface area contributed by atoms with E-state index in [1.54, 1.807) is 18.7 Å². The molecule has 0 unspecified atom stereocenters. The number of nitrogens with one attached hydrogen (secondary N) is 1. The monoisotopic (exact) mass is 431 g/mol. The number of carbonyl (C=O) groups is 1. The zero-order chi connectivity index (χ0) is 21.7. The summed E-state index contributed by atoms with van der Waals surface area (Å²) in [5, 5.41) is 0. The number of hydrogen-bond acceptors (Lipinski definition) is 5. The largest absolute Gasteiger partial charge is 0.447 e. The number of carbonyl (C=O) groups excluding carboxylic acids is 1. The number of pyridine rings is 1. The van der Waals surface area contributed by atoms with E-state index in [2.05, 4.69) is 4.72 Å². The van der Waals surface area contributed by atoms with E-state index >= 15 is 0 Å². The summed E-state index contributed by atoms with van der Waals surface area (Å²) in [6, 6.07) is 14.9. The van der Waals surface area contributed by atoms with Gasteiger partial charge in [0.2, 0.25) is 10.0 Å². The first-order valence-electron chi connectivity index (χ1n) is 10.2. The summed E-state index contributed by atoms with van der Waals surface area (Å²) in [5.74, 6) is 0. The standard InChI is InChI=1S/C22H29N3O4S/c1-16(2)29-22(26)25-14-8-13-20(24-30(3,27)28)21(25)15-18-11-7-12-19(23-18)17-9-5-4-6-10-17/h4-7,9-12,16,20-21,24H,8,13-15H2,1-3H3/t20-,21-/m1/s1. The molecule has 1 aliphatic heterocycles. The van der Waals surface area contributed by atoms with Gasteiger partial charge in [-0.05, 0) is 38.8 Å². The minimum absolute atomic E-state index is 0.249. The Bertz CT molecular complexity index is 963. The first-order valence-corrected chi connectivity index (χ1v) is 12.1. The van der Waals surface area contributed by atoms with Crippen molar-refractivity contribution >= 4 is 16.1 Å².